The van der Waals surface area contributed by atoms with Crippen LogP contribution in [0.25, 0.3) is 0 Å². The zero-order valence-electron chi connectivity index (χ0n) is 13.3. The van der Waals surface area contributed by atoms with E-state index < -0.39 is 10.0 Å². The molecule has 7 heteroatoms. The fraction of sp³-hybridized carbons (Fsp3) is 0.533. The van der Waals surface area contributed by atoms with Gasteiger partial charge >= 0.3 is 0 Å². The molecule has 0 spiro atoms. The van der Waals surface area contributed by atoms with Crippen molar-refractivity contribution >= 4 is 27.5 Å². The lowest BCUT2D eigenvalue weighted by Crippen LogP contribution is -2.41. The Hall–Kier alpha value is -1.11. The highest BCUT2D eigenvalue weighted by molar-refractivity contribution is 7.88. The van der Waals surface area contributed by atoms with Crippen molar-refractivity contribution in [3.63, 3.8) is 0 Å². The monoisotopic (exact) mass is 346 g/mol. The lowest BCUT2D eigenvalue weighted by molar-refractivity contribution is -0.130. The fourth-order valence-electron chi connectivity index (χ4n) is 1.88. The SMILES string of the molecule is CCCCN(C)C(=O)CN(Cc1ccc(Cl)cc1)S(C)(=O)=O. The molecule has 0 aliphatic carbocycles. The number of halogens is 1. The number of sulfonamides is 1. The minimum atomic E-state index is -3.47. The van der Waals surface area contributed by atoms with Gasteiger partial charge < -0.3 is 4.90 Å². The minimum absolute atomic E-state index is 0.151. The lowest BCUT2D eigenvalue weighted by atomic mass is 10.2. The van der Waals surface area contributed by atoms with Gasteiger partial charge in [-0.1, -0.05) is 37.1 Å². The molecule has 0 unspecified atom stereocenters. The van der Waals surface area contributed by atoms with Crippen molar-refractivity contribution in [3.8, 4) is 0 Å². The second kappa shape index (κ2) is 8.50. The number of hydrogen-bond acceptors (Lipinski definition) is 3. The summed E-state index contributed by atoms with van der Waals surface area (Å²) in [5.74, 6) is -0.201. The van der Waals surface area contributed by atoms with Crippen molar-refractivity contribution in [2.24, 2.45) is 0 Å². The van der Waals surface area contributed by atoms with Crippen LogP contribution < -0.4 is 0 Å². The van der Waals surface area contributed by atoms with Crippen LogP contribution in [0.5, 0.6) is 0 Å². The first-order valence-corrected chi connectivity index (χ1v) is 9.40. The molecule has 1 amide bonds. The number of unbranched alkanes of at least 4 members (excludes halogenated alkanes) is 1. The van der Waals surface area contributed by atoms with E-state index in [4.69, 9.17) is 11.6 Å². The summed E-state index contributed by atoms with van der Waals surface area (Å²) < 4.78 is 25.0. The van der Waals surface area contributed by atoms with E-state index in [1.807, 2.05) is 6.92 Å². The molecule has 124 valence electrons. The molecule has 0 N–H and O–H groups in total. The van der Waals surface area contributed by atoms with E-state index in [0.717, 1.165) is 24.7 Å². The van der Waals surface area contributed by atoms with Gasteiger partial charge in [-0.25, -0.2) is 8.42 Å². The molecule has 0 radical (unpaired) electrons. The van der Waals surface area contributed by atoms with Gasteiger partial charge in [-0.15, -0.1) is 0 Å². The second-order valence-corrected chi connectivity index (χ2v) is 7.75. The number of carbonyl (C=O) groups excluding carboxylic acids is 1. The van der Waals surface area contributed by atoms with E-state index in [0.29, 0.717) is 11.6 Å². The predicted molar refractivity (Wildman–Crippen MR) is 89.3 cm³/mol. The molecule has 0 saturated heterocycles. The van der Waals surface area contributed by atoms with Crippen LogP contribution in [0.3, 0.4) is 0 Å². The third-order valence-corrected chi connectivity index (χ3v) is 4.77. The smallest absolute Gasteiger partial charge is 0.237 e. The van der Waals surface area contributed by atoms with E-state index in [1.165, 1.54) is 4.31 Å². The summed E-state index contributed by atoms with van der Waals surface area (Å²) in [6.45, 7) is 2.68. The largest absolute Gasteiger partial charge is 0.345 e. The maximum absolute atomic E-state index is 12.1. The van der Waals surface area contributed by atoms with E-state index >= 15 is 0 Å². The zero-order valence-corrected chi connectivity index (χ0v) is 14.8. The van der Waals surface area contributed by atoms with Crippen molar-refractivity contribution in [2.75, 3.05) is 26.4 Å². The summed E-state index contributed by atoms with van der Waals surface area (Å²) in [5.41, 5.74) is 0.791. The number of amides is 1. The molecular weight excluding hydrogens is 324 g/mol. The number of nitrogens with zero attached hydrogens (tertiary/aromatic N) is 2. The number of benzene rings is 1. The molecule has 0 fully saturated rings. The Morgan fingerprint density at radius 1 is 1.23 bits per heavy atom. The Balaban J connectivity index is 2.77. The Bertz CT molecular complexity index is 587. The summed E-state index contributed by atoms with van der Waals surface area (Å²) in [4.78, 5) is 13.7. The quantitative estimate of drug-likeness (QED) is 0.726. The molecule has 0 saturated carbocycles. The lowest BCUT2D eigenvalue weighted by Gasteiger charge is -2.23. The molecule has 0 bridgehead atoms. The Morgan fingerprint density at radius 3 is 2.32 bits per heavy atom. The highest BCUT2D eigenvalue weighted by Crippen LogP contribution is 2.13. The van der Waals surface area contributed by atoms with Crippen LogP contribution in [0, 0.1) is 0 Å². The number of carbonyl (C=O) groups is 1. The summed E-state index contributed by atoms with van der Waals surface area (Å²) in [7, 11) is -1.77. The molecule has 0 aliphatic rings. The van der Waals surface area contributed by atoms with Crippen LogP contribution in [-0.2, 0) is 21.4 Å². The van der Waals surface area contributed by atoms with Crippen LogP contribution in [0.2, 0.25) is 5.02 Å². The number of rotatable bonds is 8. The predicted octanol–water partition coefficient (Wildman–Crippen LogP) is 2.36. The summed E-state index contributed by atoms with van der Waals surface area (Å²) in [6, 6.07) is 6.91. The van der Waals surface area contributed by atoms with Crippen molar-refractivity contribution in [1.82, 2.24) is 9.21 Å². The van der Waals surface area contributed by atoms with Gasteiger partial charge in [0.25, 0.3) is 0 Å². The summed E-state index contributed by atoms with van der Waals surface area (Å²) in [5, 5.41) is 0.588. The number of likely N-dealkylation sites (N-methyl/N-ethyl adjacent to an activating group) is 1. The standard InChI is InChI=1S/C15H23ClN2O3S/c1-4-5-10-17(2)15(19)12-18(22(3,20)21)11-13-6-8-14(16)9-7-13/h6-9H,4-5,10-12H2,1-3H3. The van der Waals surface area contributed by atoms with Crippen LogP contribution in [0.1, 0.15) is 25.3 Å². The van der Waals surface area contributed by atoms with Gasteiger partial charge in [-0.3, -0.25) is 4.79 Å². The molecule has 1 aromatic carbocycles. The van der Waals surface area contributed by atoms with E-state index in [1.54, 1.807) is 36.2 Å². The Morgan fingerprint density at radius 2 is 1.82 bits per heavy atom. The van der Waals surface area contributed by atoms with Crippen molar-refractivity contribution in [1.29, 1.82) is 0 Å². The average molecular weight is 347 g/mol. The van der Waals surface area contributed by atoms with Crippen molar-refractivity contribution in [2.45, 2.75) is 26.3 Å². The maximum Gasteiger partial charge on any atom is 0.237 e. The fourth-order valence-corrected chi connectivity index (χ4v) is 2.73. The van der Waals surface area contributed by atoms with Gasteiger partial charge in [-0.05, 0) is 24.1 Å². The third kappa shape index (κ3) is 6.34. The first kappa shape index (κ1) is 18.9. The minimum Gasteiger partial charge on any atom is -0.345 e. The third-order valence-electron chi connectivity index (χ3n) is 3.33. The summed E-state index contributed by atoms with van der Waals surface area (Å²) in [6.07, 6.45) is 3.00. The van der Waals surface area contributed by atoms with Crippen LogP contribution in [0.15, 0.2) is 24.3 Å². The van der Waals surface area contributed by atoms with Crippen LogP contribution in [0.4, 0.5) is 0 Å². The molecule has 0 atom stereocenters. The Kier molecular flexibility index (Phi) is 7.32. The molecular formula is C15H23ClN2O3S. The van der Waals surface area contributed by atoms with Crippen molar-refractivity contribution in [3.05, 3.63) is 34.9 Å². The Labute approximate surface area is 137 Å². The van der Waals surface area contributed by atoms with E-state index in [9.17, 15) is 13.2 Å². The first-order chi connectivity index (χ1) is 10.2. The van der Waals surface area contributed by atoms with Gasteiger partial charge in [0, 0.05) is 25.2 Å². The second-order valence-electron chi connectivity index (χ2n) is 5.33. The molecule has 0 aliphatic heterocycles. The molecule has 22 heavy (non-hydrogen) atoms. The van der Waals surface area contributed by atoms with E-state index in [-0.39, 0.29) is 19.0 Å². The highest BCUT2D eigenvalue weighted by atomic mass is 35.5. The van der Waals surface area contributed by atoms with Crippen LogP contribution >= 0.6 is 11.6 Å². The van der Waals surface area contributed by atoms with Gasteiger partial charge in [0.15, 0.2) is 0 Å². The van der Waals surface area contributed by atoms with Gasteiger partial charge in [0.1, 0.15) is 0 Å². The van der Waals surface area contributed by atoms with Crippen LogP contribution in [-0.4, -0.2) is 49.9 Å². The normalized spacial score (nSPS) is 11.7. The molecule has 1 aromatic rings. The zero-order chi connectivity index (χ0) is 16.8. The maximum atomic E-state index is 12.1. The molecule has 0 aromatic heterocycles. The topological polar surface area (TPSA) is 57.7 Å². The highest BCUT2D eigenvalue weighted by Gasteiger charge is 2.22. The van der Waals surface area contributed by atoms with Gasteiger partial charge in [0.2, 0.25) is 15.9 Å². The average Bonchev–Trinajstić information content (AvgIpc) is 2.45. The first-order valence-electron chi connectivity index (χ1n) is 7.17. The molecule has 0 heterocycles. The van der Waals surface area contributed by atoms with Gasteiger partial charge in [0.05, 0.1) is 12.8 Å². The van der Waals surface area contributed by atoms with Gasteiger partial charge in [-0.2, -0.15) is 4.31 Å². The molecule has 5 nitrogen and oxygen atoms in total. The summed E-state index contributed by atoms with van der Waals surface area (Å²) >= 11 is 5.82. The van der Waals surface area contributed by atoms with Crippen molar-refractivity contribution < 1.29 is 13.2 Å². The molecule has 1 rings (SSSR count). The van der Waals surface area contributed by atoms with E-state index in [2.05, 4.69) is 0 Å². The number of hydrogen-bond donors (Lipinski definition) is 0.